The van der Waals surface area contributed by atoms with E-state index < -0.39 is 0 Å². The van der Waals surface area contributed by atoms with Crippen molar-refractivity contribution in [1.82, 2.24) is 14.8 Å². The molecule has 22 heavy (non-hydrogen) atoms. The van der Waals surface area contributed by atoms with Gasteiger partial charge in [-0.3, -0.25) is 14.5 Å². The summed E-state index contributed by atoms with van der Waals surface area (Å²) in [5, 5.41) is 0. The van der Waals surface area contributed by atoms with Crippen LogP contribution in [0.15, 0.2) is 53.5 Å². The molecule has 0 atom stereocenters. The maximum Gasteiger partial charge on any atom is 0.254 e. The minimum atomic E-state index is -0.242. The van der Waals surface area contributed by atoms with Gasteiger partial charge in [0.25, 0.3) is 5.91 Å². The van der Waals surface area contributed by atoms with Crippen molar-refractivity contribution >= 4 is 5.91 Å². The van der Waals surface area contributed by atoms with Gasteiger partial charge in [0.2, 0.25) is 5.56 Å². The Morgan fingerprint density at radius 3 is 2.45 bits per heavy atom. The van der Waals surface area contributed by atoms with Crippen molar-refractivity contribution in [3.8, 4) is 0 Å². The third kappa shape index (κ3) is 3.43. The summed E-state index contributed by atoms with van der Waals surface area (Å²) in [6.07, 6.45) is 1.52. The average Bonchev–Trinajstić information content (AvgIpc) is 2.56. The van der Waals surface area contributed by atoms with E-state index in [0.29, 0.717) is 18.7 Å². The number of H-pyrrole nitrogens is 1. The lowest BCUT2D eigenvalue weighted by atomic mass is 10.2. The van der Waals surface area contributed by atoms with Crippen LogP contribution >= 0.6 is 0 Å². The molecule has 0 saturated carbocycles. The third-order valence-corrected chi connectivity index (χ3v) is 3.93. The van der Waals surface area contributed by atoms with Crippen molar-refractivity contribution in [2.45, 2.75) is 6.54 Å². The molecule has 1 fully saturated rings. The fourth-order valence-corrected chi connectivity index (χ4v) is 2.71. The quantitative estimate of drug-likeness (QED) is 0.930. The van der Waals surface area contributed by atoms with Gasteiger partial charge >= 0.3 is 0 Å². The lowest BCUT2D eigenvalue weighted by molar-refractivity contribution is 0.0628. The summed E-state index contributed by atoms with van der Waals surface area (Å²) in [6.45, 7) is 4.00. The molecule has 0 spiro atoms. The first-order chi connectivity index (χ1) is 10.7. The molecule has 2 aromatic rings. The molecule has 5 nitrogen and oxygen atoms in total. The summed E-state index contributed by atoms with van der Waals surface area (Å²) in [4.78, 5) is 30.4. The fraction of sp³-hybridized carbons (Fsp3) is 0.294. The predicted octanol–water partition coefficient (Wildman–Crippen LogP) is 1.33. The number of nitrogens with zero attached hydrogens (tertiary/aromatic N) is 2. The van der Waals surface area contributed by atoms with Crippen molar-refractivity contribution in [2.24, 2.45) is 0 Å². The number of nitrogens with one attached hydrogen (secondary N) is 1. The van der Waals surface area contributed by atoms with Crippen molar-refractivity contribution < 1.29 is 4.79 Å². The Labute approximate surface area is 129 Å². The second-order valence-corrected chi connectivity index (χ2v) is 5.50. The van der Waals surface area contributed by atoms with Gasteiger partial charge in [0, 0.05) is 50.6 Å². The van der Waals surface area contributed by atoms with Crippen LogP contribution in [-0.2, 0) is 6.54 Å². The van der Waals surface area contributed by atoms with Gasteiger partial charge in [-0.15, -0.1) is 0 Å². The summed E-state index contributed by atoms with van der Waals surface area (Å²) in [7, 11) is 0. The number of carbonyl (C=O) groups is 1. The molecule has 0 aliphatic carbocycles. The zero-order valence-electron chi connectivity index (χ0n) is 12.4. The van der Waals surface area contributed by atoms with E-state index in [2.05, 4.69) is 22.0 Å². The number of piperazine rings is 1. The van der Waals surface area contributed by atoms with E-state index in [0.717, 1.165) is 19.6 Å². The number of amides is 1. The molecule has 1 aromatic carbocycles. The maximum absolute atomic E-state index is 12.4. The second kappa shape index (κ2) is 6.58. The van der Waals surface area contributed by atoms with Crippen LogP contribution in [0.1, 0.15) is 15.9 Å². The Morgan fingerprint density at radius 1 is 1.05 bits per heavy atom. The lowest BCUT2D eigenvalue weighted by Crippen LogP contribution is -2.48. The van der Waals surface area contributed by atoms with E-state index in [-0.39, 0.29) is 11.5 Å². The van der Waals surface area contributed by atoms with Crippen LogP contribution in [0.3, 0.4) is 0 Å². The minimum Gasteiger partial charge on any atom is -0.336 e. The van der Waals surface area contributed by atoms with E-state index in [1.54, 1.807) is 6.07 Å². The smallest absolute Gasteiger partial charge is 0.254 e. The number of hydrogen-bond donors (Lipinski definition) is 1. The third-order valence-electron chi connectivity index (χ3n) is 3.93. The summed E-state index contributed by atoms with van der Waals surface area (Å²) in [5.74, 6) is -0.0644. The zero-order valence-corrected chi connectivity index (χ0v) is 12.4. The maximum atomic E-state index is 12.4. The van der Waals surface area contributed by atoms with Crippen LogP contribution in [0.2, 0.25) is 0 Å². The van der Waals surface area contributed by atoms with Gasteiger partial charge in [0.05, 0.1) is 0 Å². The molecule has 0 unspecified atom stereocenters. The molecule has 1 amide bonds. The molecule has 2 heterocycles. The Kier molecular flexibility index (Phi) is 4.34. The van der Waals surface area contributed by atoms with E-state index in [1.807, 2.05) is 23.1 Å². The van der Waals surface area contributed by atoms with Crippen LogP contribution in [0.5, 0.6) is 0 Å². The number of pyridine rings is 1. The predicted molar refractivity (Wildman–Crippen MR) is 84.7 cm³/mol. The van der Waals surface area contributed by atoms with Crippen molar-refractivity contribution in [3.63, 3.8) is 0 Å². The van der Waals surface area contributed by atoms with Gasteiger partial charge in [0.1, 0.15) is 0 Å². The molecule has 3 rings (SSSR count). The highest BCUT2D eigenvalue weighted by molar-refractivity contribution is 5.94. The second-order valence-electron chi connectivity index (χ2n) is 5.50. The first kappa shape index (κ1) is 14.5. The summed E-state index contributed by atoms with van der Waals surface area (Å²) < 4.78 is 0. The first-order valence-electron chi connectivity index (χ1n) is 7.47. The highest BCUT2D eigenvalue weighted by Gasteiger charge is 2.22. The van der Waals surface area contributed by atoms with Gasteiger partial charge in [-0.25, -0.2) is 0 Å². The summed E-state index contributed by atoms with van der Waals surface area (Å²) in [6, 6.07) is 13.4. The number of aromatic nitrogens is 1. The van der Waals surface area contributed by atoms with Crippen LogP contribution in [-0.4, -0.2) is 46.9 Å². The zero-order chi connectivity index (χ0) is 15.4. The molecule has 0 radical (unpaired) electrons. The van der Waals surface area contributed by atoms with Crippen molar-refractivity contribution in [3.05, 3.63) is 70.1 Å². The molecule has 0 bridgehead atoms. The van der Waals surface area contributed by atoms with Crippen molar-refractivity contribution in [2.75, 3.05) is 26.2 Å². The van der Waals surface area contributed by atoms with Crippen LogP contribution < -0.4 is 5.56 Å². The van der Waals surface area contributed by atoms with Gasteiger partial charge in [-0.05, 0) is 11.6 Å². The number of aromatic amines is 1. The molecule has 5 heteroatoms. The van der Waals surface area contributed by atoms with Crippen LogP contribution in [0.4, 0.5) is 0 Å². The molecule has 1 aliphatic rings. The number of carbonyl (C=O) groups excluding carboxylic acids is 1. The Bertz CT molecular complexity index is 688. The Hall–Kier alpha value is -2.40. The summed E-state index contributed by atoms with van der Waals surface area (Å²) >= 11 is 0. The van der Waals surface area contributed by atoms with E-state index >= 15 is 0 Å². The summed E-state index contributed by atoms with van der Waals surface area (Å²) in [5.41, 5.74) is 1.51. The molecular formula is C17H19N3O2. The van der Waals surface area contributed by atoms with Crippen molar-refractivity contribution in [1.29, 1.82) is 0 Å². The number of hydrogen-bond acceptors (Lipinski definition) is 3. The normalized spacial score (nSPS) is 15.7. The number of benzene rings is 1. The Balaban J connectivity index is 1.57. The highest BCUT2D eigenvalue weighted by atomic mass is 16.2. The monoisotopic (exact) mass is 297 g/mol. The van der Waals surface area contributed by atoms with Gasteiger partial charge < -0.3 is 9.88 Å². The minimum absolute atomic E-state index is 0.0644. The standard InChI is InChI=1S/C17H19N3O2/c21-16-12-15(6-7-18-16)17(22)20-10-8-19(9-11-20)13-14-4-2-1-3-5-14/h1-7,12H,8-11,13H2,(H,18,21). The molecule has 1 aliphatic heterocycles. The molecular weight excluding hydrogens is 278 g/mol. The molecule has 1 saturated heterocycles. The fourth-order valence-electron chi connectivity index (χ4n) is 2.71. The SMILES string of the molecule is O=C(c1cc[nH]c(=O)c1)N1CCN(Cc2ccccc2)CC1. The Morgan fingerprint density at radius 2 is 1.77 bits per heavy atom. The molecule has 1 N–H and O–H groups in total. The largest absolute Gasteiger partial charge is 0.336 e. The topological polar surface area (TPSA) is 56.4 Å². The molecule has 1 aromatic heterocycles. The average molecular weight is 297 g/mol. The van der Waals surface area contributed by atoms with Crippen LogP contribution in [0, 0.1) is 0 Å². The van der Waals surface area contributed by atoms with Gasteiger partial charge in [-0.1, -0.05) is 30.3 Å². The van der Waals surface area contributed by atoms with Gasteiger partial charge in [0.15, 0.2) is 0 Å². The van der Waals surface area contributed by atoms with E-state index in [9.17, 15) is 9.59 Å². The van der Waals surface area contributed by atoms with E-state index in [1.165, 1.54) is 17.8 Å². The van der Waals surface area contributed by atoms with Crippen LogP contribution in [0.25, 0.3) is 0 Å². The highest BCUT2D eigenvalue weighted by Crippen LogP contribution is 2.10. The number of rotatable bonds is 3. The molecule has 114 valence electrons. The van der Waals surface area contributed by atoms with Gasteiger partial charge in [-0.2, -0.15) is 0 Å². The lowest BCUT2D eigenvalue weighted by Gasteiger charge is -2.34. The van der Waals surface area contributed by atoms with E-state index in [4.69, 9.17) is 0 Å². The first-order valence-corrected chi connectivity index (χ1v) is 7.47.